The van der Waals surface area contributed by atoms with E-state index in [4.69, 9.17) is 4.52 Å². The normalized spacial score (nSPS) is 15.8. The number of hydrogen-bond acceptors (Lipinski definition) is 6. The molecule has 0 unspecified atom stereocenters. The Bertz CT molecular complexity index is 996. The van der Waals surface area contributed by atoms with Gasteiger partial charge in [0.05, 0.1) is 11.4 Å². The zero-order chi connectivity index (χ0) is 20.7. The highest BCUT2D eigenvalue weighted by Crippen LogP contribution is 2.36. The van der Waals surface area contributed by atoms with Gasteiger partial charge in [-0.15, -0.1) is 0 Å². The van der Waals surface area contributed by atoms with Crippen LogP contribution in [-0.2, 0) is 9.84 Å². The van der Waals surface area contributed by atoms with Gasteiger partial charge in [-0.05, 0) is 25.1 Å². The number of piperazine rings is 1. The van der Waals surface area contributed by atoms with Crippen LogP contribution in [0.3, 0.4) is 0 Å². The highest BCUT2D eigenvalue weighted by molar-refractivity contribution is 7.92. The first kappa shape index (κ1) is 20.1. The SMILES string of the molecule is Cc1cc(C(=O)N2CCN(c3ccc(F)cc3S(=O)(=O)C(F)(F)F)CC2)on1. The van der Waals surface area contributed by atoms with E-state index in [9.17, 15) is 30.8 Å². The molecule has 0 radical (unpaired) electrons. The minimum absolute atomic E-state index is 0.0353. The van der Waals surface area contributed by atoms with Gasteiger partial charge < -0.3 is 14.3 Å². The Morgan fingerprint density at radius 3 is 2.32 bits per heavy atom. The maximum Gasteiger partial charge on any atom is 0.501 e. The second kappa shape index (κ2) is 7.08. The highest BCUT2D eigenvalue weighted by atomic mass is 32.2. The van der Waals surface area contributed by atoms with Crippen molar-refractivity contribution in [3.63, 3.8) is 0 Å². The molecule has 1 aliphatic rings. The van der Waals surface area contributed by atoms with Crippen molar-refractivity contribution < 1.29 is 35.3 Å². The minimum atomic E-state index is -5.73. The van der Waals surface area contributed by atoms with Gasteiger partial charge in [0.2, 0.25) is 5.76 Å². The predicted molar refractivity (Wildman–Crippen MR) is 89.0 cm³/mol. The lowest BCUT2D eigenvalue weighted by atomic mass is 10.2. The number of hydrogen-bond donors (Lipinski definition) is 0. The number of carbonyl (C=O) groups is 1. The summed E-state index contributed by atoms with van der Waals surface area (Å²) in [4.78, 5) is 14.0. The number of alkyl halides is 3. The van der Waals surface area contributed by atoms with Crippen LogP contribution < -0.4 is 4.90 Å². The van der Waals surface area contributed by atoms with Gasteiger partial charge in [-0.3, -0.25) is 4.79 Å². The van der Waals surface area contributed by atoms with Crippen molar-refractivity contribution in [2.45, 2.75) is 17.3 Å². The molecule has 0 spiro atoms. The van der Waals surface area contributed by atoms with Crippen LogP contribution in [0.4, 0.5) is 23.2 Å². The number of rotatable bonds is 3. The van der Waals surface area contributed by atoms with Crippen molar-refractivity contribution in [1.29, 1.82) is 0 Å². The molecule has 2 heterocycles. The standard InChI is InChI=1S/C16H15F4N3O4S/c1-10-8-13(27-21-10)15(24)23-6-4-22(5-7-23)12-3-2-11(17)9-14(12)28(25,26)16(18,19)20/h2-3,8-9H,4-7H2,1H3. The van der Waals surface area contributed by atoms with Crippen LogP contribution in [0.15, 0.2) is 33.7 Å². The highest BCUT2D eigenvalue weighted by Gasteiger charge is 2.48. The molecule has 152 valence electrons. The van der Waals surface area contributed by atoms with Crippen LogP contribution in [0.1, 0.15) is 16.2 Å². The first-order chi connectivity index (χ1) is 13.0. The molecule has 3 rings (SSSR count). The molecule has 0 atom stereocenters. The molecule has 0 saturated carbocycles. The second-order valence-electron chi connectivity index (χ2n) is 6.17. The average Bonchev–Trinajstić information content (AvgIpc) is 3.06. The molecule has 1 aromatic carbocycles. The van der Waals surface area contributed by atoms with E-state index in [2.05, 4.69) is 5.16 Å². The fourth-order valence-corrected chi connectivity index (χ4v) is 3.85. The molecule has 7 nitrogen and oxygen atoms in total. The molecule has 2 aromatic rings. The molecule has 28 heavy (non-hydrogen) atoms. The van der Waals surface area contributed by atoms with Crippen LogP contribution in [0.2, 0.25) is 0 Å². The summed E-state index contributed by atoms with van der Waals surface area (Å²) in [5, 5.41) is 3.62. The summed E-state index contributed by atoms with van der Waals surface area (Å²) in [5.41, 5.74) is -5.30. The third-order valence-corrected chi connectivity index (χ3v) is 5.78. The van der Waals surface area contributed by atoms with E-state index in [-0.39, 0.29) is 37.6 Å². The first-order valence-corrected chi connectivity index (χ1v) is 9.57. The predicted octanol–water partition coefficient (Wildman–Crippen LogP) is 2.38. The summed E-state index contributed by atoms with van der Waals surface area (Å²) in [6.45, 7) is 1.99. The zero-order valence-corrected chi connectivity index (χ0v) is 15.3. The summed E-state index contributed by atoms with van der Waals surface area (Å²) in [6.07, 6.45) is 0. The number of benzene rings is 1. The number of nitrogens with zero attached hydrogens (tertiary/aromatic N) is 3. The molecular weight excluding hydrogens is 406 g/mol. The van der Waals surface area contributed by atoms with Crippen LogP contribution in [-0.4, -0.2) is 56.1 Å². The van der Waals surface area contributed by atoms with E-state index in [0.29, 0.717) is 11.8 Å². The van der Waals surface area contributed by atoms with Crippen molar-refractivity contribution in [1.82, 2.24) is 10.1 Å². The number of sulfone groups is 1. The van der Waals surface area contributed by atoms with Crippen LogP contribution in [0.25, 0.3) is 0 Å². The second-order valence-corrected chi connectivity index (χ2v) is 8.08. The van der Waals surface area contributed by atoms with E-state index in [1.807, 2.05) is 0 Å². The fraction of sp³-hybridized carbons (Fsp3) is 0.375. The molecule has 0 bridgehead atoms. The van der Waals surface area contributed by atoms with Gasteiger partial charge in [0.25, 0.3) is 15.7 Å². The third-order valence-electron chi connectivity index (χ3n) is 4.26. The summed E-state index contributed by atoms with van der Waals surface area (Å²) in [6, 6.07) is 3.69. The molecular formula is C16H15F4N3O4S. The Morgan fingerprint density at radius 2 is 1.79 bits per heavy atom. The lowest BCUT2D eigenvalue weighted by Crippen LogP contribution is -2.49. The first-order valence-electron chi connectivity index (χ1n) is 8.09. The molecule has 1 aliphatic heterocycles. The van der Waals surface area contributed by atoms with E-state index in [1.54, 1.807) is 6.92 Å². The van der Waals surface area contributed by atoms with Gasteiger partial charge in [0.1, 0.15) is 10.7 Å². The van der Waals surface area contributed by atoms with Gasteiger partial charge in [-0.25, -0.2) is 12.8 Å². The summed E-state index contributed by atoms with van der Waals surface area (Å²) < 4.78 is 80.9. The third kappa shape index (κ3) is 3.68. The van der Waals surface area contributed by atoms with E-state index < -0.39 is 32.0 Å². The minimum Gasteiger partial charge on any atom is -0.367 e. The maximum absolute atomic E-state index is 13.5. The van der Waals surface area contributed by atoms with Crippen molar-refractivity contribution in [2.75, 3.05) is 31.1 Å². The smallest absolute Gasteiger partial charge is 0.367 e. The van der Waals surface area contributed by atoms with Gasteiger partial charge in [0.15, 0.2) is 0 Å². The maximum atomic E-state index is 13.5. The van der Waals surface area contributed by atoms with Crippen molar-refractivity contribution in [3.05, 3.63) is 41.5 Å². The van der Waals surface area contributed by atoms with Crippen molar-refractivity contribution in [3.8, 4) is 0 Å². The number of carbonyl (C=O) groups excluding carboxylic acids is 1. The molecule has 0 N–H and O–H groups in total. The lowest BCUT2D eigenvalue weighted by Gasteiger charge is -2.36. The Kier molecular flexibility index (Phi) is 5.08. The monoisotopic (exact) mass is 421 g/mol. The quantitative estimate of drug-likeness (QED) is 0.708. The number of amides is 1. The van der Waals surface area contributed by atoms with E-state index in [0.717, 1.165) is 12.1 Å². The lowest BCUT2D eigenvalue weighted by molar-refractivity contribution is -0.0435. The van der Waals surface area contributed by atoms with E-state index in [1.165, 1.54) is 15.9 Å². The molecule has 1 fully saturated rings. The molecule has 1 aromatic heterocycles. The van der Waals surface area contributed by atoms with Gasteiger partial charge >= 0.3 is 5.51 Å². The largest absolute Gasteiger partial charge is 0.501 e. The summed E-state index contributed by atoms with van der Waals surface area (Å²) in [7, 11) is -5.73. The van der Waals surface area contributed by atoms with Crippen molar-refractivity contribution >= 4 is 21.4 Å². The number of halogens is 4. The van der Waals surface area contributed by atoms with Crippen molar-refractivity contribution in [2.24, 2.45) is 0 Å². The Hall–Kier alpha value is -2.63. The topological polar surface area (TPSA) is 83.7 Å². The molecule has 12 heteroatoms. The molecule has 0 aliphatic carbocycles. The average molecular weight is 421 g/mol. The Labute approximate surface area is 157 Å². The Balaban J connectivity index is 1.82. The fourth-order valence-electron chi connectivity index (χ4n) is 2.86. The zero-order valence-electron chi connectivity index (χ0n) is 14.5. The van der Waals surface area contributed by atoms with E-state index >= 15 is 0 Å². The van der Waals surface area contributed by atoms with Crippen LogP contribution >= 0.6 is 0 Å². The summed E-state index contributed by atoms with van der Waals surface area (Å²) >= 11 is 0. The van der Waals surface area contributed by atoms with Gasteiger partial charge in [-0.2, -0.15) is 13.2 Å². The van der Waals surface area contributed by atoms with Crippen LogP contribution in [0.5, 0.6) is 0 Å². The Morgan fingerprint density at radius 1 is 1.14 bits per heavy atom. The number of anilines is 1. The summed E-state index contributed by atoms with van der Waals surface area (Å²) in [5.74, 6) is -1.49. The van der Waals surface area contributed by atoms with Gasteiger partial charge in [0, 0.05) is 32.2 Å². The van der Waals surface area contributed by atoms with Gasteiger partial charge in [-0.1, -0.05) is 5.16 Å². The molecule has 1 amide bonds. The number of aromatic nitrogens is 1. The number of aryl methyl sites for hydroxylation is 1. The molecule has 1 saturated heterocycles. The van der Waals surface area contributed by atoms with Crippen LogP contribution in [0, 0.1) is 12.7 Å².